The SMILES string of the molecule is CCNCCN(C)c1ccc2ncoc2c1. The van der Waals surface area contributed by atoms with E-state index in [1.54, 1.807) is 0 Å². The lowest BCUT2D eigenvalue weighted by molar-refractivity contribution is 0.602. The number of benzene rings is 1. The molecule has 4 heteroatoms. The summed E-state index contributed by atoms with van der Waals surface area (Å²) < 4.78 is 5.28. The van der Waals surface area contributed by atoms with E-state index in [1.165, 1.54) is 6.39 Å². The first-order valence-electron chi connectivity index (χ1n) is 5.56. The average Bonchev–Trinajstić information content (AvgIpc) is 2.76. The van der Waals surface area contributed by atoms with Crippen molar-refractivity contribution in [3.63, 3.8) is 0 Å². The number of anilines is 1. The van der Waals surface area contributed by atoms with Gasteiger partial charge in [0.2, 0.25) is 0 Å². The zero-order chi connectivity index (χ0) is 11.4. The number of hydrogen-bond acceptors (Lipinski definition) is 4. The molecule has 0 amide bonds. The summed E-state index contributed by atoms with van der Waals surface area (Å²) in [7, 11) is 2.08. The summed E-state index contributed by atoms with van der Waals surface area (Å²) in [6, 6.07) is 6.07. The van der Waals surface area contributed by atoms with Gasteiger partial charge in [-0.15, -0.1) is 0 Å². The molecule has 4 nitrogen and oxygen atoms in total. The van der Waals surface area contributed by atoms with Crippen LogP contribution in [0.15, 0.2) is 29.0 Å². The van der Waals surface area contributed by atoms with E-state index in [4.69, 9.17) is 4.42 Å². The first-order valence-corrected chi connectivity index (χ1v) is 5.56. The Morgan fingerprint density at radius 1 is 1.44 bits per heavy atom. The second-order valence-electron chi connectivity index (χ2n) is 3.78. The molecule has 0 aliphatic carbocycles. The van der Waals surface area contributed by atoms with Crippen LogP contribution in [0.25, 0.3) is 11.1 Å². The molecule has 0 fully saturated rings. The van der Waals surface area contributed by atoms with Crippen molar-refractivity contribution in [2.75, 3.05) is 31.6 Å². The van der Waals surface area contributed by atoms with E-state index in [-0.39, 0.29) is 0 Å². The Morgan fingerprint density at radius 2 is 2.31 bits per heavy atom. The van der Waals surface area contributed by atoms with E-state index in [0.29, 0.717) is 0 Å². The van der Waals surface area contributed by atoms with Gasteiger partial charge < -0.3 is 14.6 Å². The molecule has 0 unspecified atom stereocenters. The molecule has 16 heavy (non-hydrogen) atoms. The Morgan fingerprint density at radius 3 is 3.12 bits per heavy atom. The molecule has 0 saturated heterocycles. The number of oxazole rings is 1. The lowest BCUT2D eigenvalue weighted by Crippen LogP contribution is -2.28. The van der Waals surface area contributed by atoms with Crippen molar-refractivity contribution < 1.29 is 4.42 Å². The van der Waals surface area contributed by atoms with Crippen molar-refractivity contribution in [3.05, 3.63) is 24.6 Å². The fourth-order valence-electron chi connectivity index (χ4n) is 1.63. The predicted octanol–water partition coefficient (Wildman–Crippen LogP) is 1.87. The molecule has 0 atom stereocenters. The molecule has 1 N–H and O–H groups in total. The number of nitrogens with one attached hydrogen (secondary N) is 1. The molecule has 0 aliphatic rings. The summed E-state index contributed by atoms with van der Waals surface area (Å²) in [6.45, 7) is 5.09. The number of likely N-dealkylation sites (N-methyl/N-ethyl adjacent to an activating group) is 2. The minimum atomic E-state index is 0.841. The van der Waals surface area contributed by atoms with Crippen LogP contribution < -0.4 is 10.2 Å². The van der Waals surface area contributed by atoms with Crippen LogP contribution in [0.3, 0.4) is 0 Å². The zero-order valence-electron chi connectivity index (χ0n) is 9.73. The lowest BCUT2D eigenvalue weighted by atomic mass is 10.2. The highest BCUT2D eigenvalue weighted by atomic mass is 16.3. The van der Waals surface area contributed by atoms with Gasteiger partial charge in [-0.1, -0.05) is 6.92 Å². The molecule has 0 spiro atoms. The number of hydrogen-bond donors (Lipinski definition) is 1. The Hall–Kier alpha value is -1.55. The van der Waals surface area contributed by atoms with Gasteiger partial charge in [0.15, 0.2) is 12.0 Å². The normalized spacial score (nSPS) is 10.9. The van der Waals surface area contributed by atoms with Crippen LogP contribution in [0.5, 0.6) is 0 Å². The van der Waals surface area contributed by atoms with Gasteiger partial charge in [0.05, 0.1) is 0 Å². The Labute approximate surface area is 95.3 Å². The van der Waals surface area contributed by atoms with E-state index in [0.717, 1.165) is 36.4 Å². The van der Waals surface area contributed by atoms with Crippen molar-refractivity contribution in [2.24, 2.45) is 0 Å². The minimum absolute atomic E-state index is 0.841. The molecule has 2 aromatic rings. The quantitative estimate of drug-likeness (QED) is 0.779. The topological polar surface area (TPSA) is 41.3 Å². The van der Waals surface area contributed by atoms with Crippen LogP contribution in [-0.4, -0.2) is 31.7 Å². The second kappa shape index (κ2) is 4.99. The average molecular weight is 219 g/mol. The van der Waals surface area contributed by atoms with Crippen LogP contribution >= 0.6 is 0 Å². The van der Waals surface area contributed by atoms with Crippen LogP contribution in [0, 0.1) is 0 Å². The van der Waals surface area contributed by atoms with E-state index < -0.39 is 0 Å². The van der Waals surface area contributed by atoms with Crippen molar-refractivity contribution in [1.82, 2.24) is 10.3 Å². The monoisotopic (exact) mass is 219 g/mol. The molecule has 0 bridgehead atoms. The summed E-state index contributed by atoms with van der Waals surface area (Å²) in [6.07, 6.45) is 1.48. The maximum absolute atomic E-state index is 5.28. The first kappa shape index (κ1) is 11.0. The summed E-state index contributed by atoms with van der Waals surface area (Å²) in [5.74, 6) is 0. The molecule has 0 aliphatic heterocycles. The number of fused-ring (bicyclic) bond motifs is 1. The molecule has 0 saturated carbocycles. The van der Waals surface area contributed by atoms with Gasteiger partial charge >= 0.3 is 0 Å². The standard InChI is InChI=1S/C12H17N3O/c1-3-13-6-7-15(2)10-4-5-11-12(8-10)16-9-14-11/h4-5,8-9,13H,3,6-7H2,1-2H3. The molecule has 1 aromatic heterocycles. The van der Waals surface area contributed by atoms with Gasteiger partial charge in [0.25, 0.3) is 0 Å². The van der Waals surface area contributed by atoms with Crippen LogP contribution in [0.1, 0.15) is 6.92 Å². The largest absolute Gasteiger partial charge is 0.443 e. The third-order valence-corrected chi connectivity index (χ3v) is 2.63. The van der Waals surface area contributed by atoms with Gasteiger partial charge in [-0.05, 0) is 18.7 Å². The molecule has 1 heterocycles. The summed E-state index contributed by atoms with van der Waals surface area (Å²) >= 11 is 0. The molecule has 0 radical (unpaired) electrons. The van der Waals surface area contributed by atoms with Gasteiger partial charge in [-0.25, -0.2) is 4.98 Å². The molecule has 86 valence electrons. The summed E-state index contributed by atoms with van der Waals surface area (Å²) in [5.41, 5.74) is 2.90. The summed E-state index contributed by atoms with van der Waals surface area (Å²) in [5, 5.41) is 3.30. The van der Waals surface area contributed by atoms with Crippen molar-refractivity contribution >= 4 is 16.8 Å². The Kier molecular flexibility index (Phi) is 3.41. The zero-order valence-corrected chi connectivity index (χ0v) is 9.73. The highest BCUT2D eigenvalue weighted by molar-refractivity contribution is 5.76. The number of aromatic nitrogens is 1. The van der Waals surface area contributed by atoms with E-state index in [1.807, 2.05) is 12.1 Å². The van der Waals surface area contributed by atoms with E-state index in [9.17, 15) is 0 Å². The van der Waals surface area contributed by atoms with E-state index in [2.05, 4.69) is 35.2 Å². The summed E-state index contributed by atoms with van der Waals surface area (Å²) in [4.78, 5) is 6.30. The highest BCUT2D eigenvalue weighted by Crippen LogP contribution is 2.19. The highest BCUT2D eigenvalue weighted by Gasteiger charge is 2.03. The second-order valence-corrected chi connectivity index (χ2v) is 3.78. The molecular formula is C12H17N3O. The maximum atomic E-state index is 5.28. The number of rotatable bonds is 5. The van der Waals surface area contributed by atoms with E-state index >= 15 is 0 Å². The van der Waals surface area contributed by atoms with Crippen molar-refractivity contribution in [3.8, 4) is 0 Å². The first-order chi connectivity index (χ1) is 7.81. The van der Waals surface area contributed by atoms with Gasteiger partial charge in [0, 0.05) is 31.9 Å². The Bertz CT molecular complexity index is 452. The van der Waals surface area contributed by atoms with Crippen LogP contribution in [0.4, 0.5) is 5.69 Å². The van der Waals surface area contributed by atoms with Crippen LogP contribution in [-0.2, 0) is 0 Å². The van der Waals surface area contributed by atoms with Crippen molar-refractivity contribution in [2.45, 2.75) is 6.92 Å². The minimum Gasteiger partial charge on any atom is -0.443 e. The van der Waals surface area contributed by atoms with Gasteiger partial charge in [-0.2, -0.15) is 0 Å². The molecule has 1 aromatic carbocycles. The van der Waals surface area contributed by atoms with Gasteiger partial charge in [0.1, 0.15) is 5.52 Å². The number of nitrogens with zero attached hydrogens (tertiary/aromatic N) is 2. The fourth-order valence-corrected chi connectivity index (χ4v) is 1.63. The fraction of sp³-hybridized carbons (Fsp3) is 0.417. The third-order valence-electron chi connectivity index (χ3n) is 2.63. The smallest absolute Gasteiger partial charge is 0.181 e. The lowest BCUT2D eigenvalue weighted by Gasteiger charge is -2.19. The van der Waals surface area contributed by atoms with Crippen molar-refractivity contribution in [1.29, 1.82) is 0 Å². The third kappa shape index (κ3) is 2.33. The van der Waals surface area contributed by atoms with Gasteiger partial charge in [-0.3, -0.25) is 0 Å². The predicted molar refractivity (Wildman–Crippen MR) is 65.8 cm³/mol. The maximum Gasteiger partial charge on any atom is 0.181 e. The molecular weight excluding hydrogens is 202 g/mol. The molecule has 2 rings (SSSR count). The Balaban J connectivity index is 2.07. The van der Waals surface area contributed by atoms with Crippen LogP contribution in [0.2, 0.25) is 0 Å².